The van der Waals surface area contributed by atoms with Gasteiger partial charge >= 0.3 is 0 Å². The fraction of sp³-hybridized carbons (Fsp3) is 0.353. The lowest BCUT2D eigenvalue weighted by atomic mass is 10.3. The third-order valence-corrected chi connectivity index (χ3v) is 7.89. The normalized spacial score (nSPS) is 10.9. The molecule has 51 heavy (non-hydrogen) atoms. The van der Waals surface area contributed by atoms with Gasteiger partial charge in [-0.25, -0.2) is 0 Å². The molecular weight excluding hydrogens is 658 g/mol. The number of anilines is 4. The summed E-state index contributed by atoms with van der Waals surface area (Å²) in [5.41, 5.74) is 2.24. The van der Waals surface area contributed by atoms with Crippen LogP contribution in [0.15, 0.2) is 48.9 Å². The largest absolute Gasteiger partial charge is 0.356 e. The van der Waals surface area contributed by atoms with Crippen LogP contribution in [0, 0.1) is 0 Å². The average Bonchev–Trinajstić information content (AvgIpc) is 3.80. The molecule has 17 nitrogen and oxygen atoms in total. The topological polar surface area (TPSA) is 198 Å². The van der Waals surface area contributed by atoms with Crippen molar-refractivity contribution in [2.24, 2.45) is 28.2 Å². The molecule has 0 spiro atoms. The van der Waals surface area contributed by atoms with Gasteiger partial charge in [-0.3, -0.25) is 28.8 Å². The third-order valence-electron chi connectivity index (χ3n) is 7.89. The van der Waals surface area contributed by atoms with Crippen LogP contribution in [0.5, 0.6) is 0 Å². The standard InChI is InChI=1S/C34H45N11O6/c1-21(46)37-29-10-9-25(45(29)7)32(49)38-23-16-27(43(5)19-23)34(51)40-24-17-28(44(6)20-24)33(50)39-22-15-26(42(4)18-22)31(48)36-13-11-30(47)35-12-8-14-41(2)3/h9-10,15-20H,8,11-14H2,1-7H3,(H,35,47)(H,36,48)(H,37,46)(H,38,49)(H,39,50)(H,40,51). The Hall–Kier alpha value is -6.10. The number of nitrogens with zero attached hydrogens (tertiary/aromatic N) is 5. The summed E-state index contributed by atoms with van der Waals surface area (Å²) in [7, 11) is 10.6. The Kier molecular flexibility index (Phi) is 12.2. The predicted molar refractivity (Wildman–Crippen MR) is 193 cm³/mol. The van der Waals surface area contributed by atoms with E-state index < -0.39 is 17.7 Å². The second-order valence-electron chi connectivity index (χ2n) is 12.4. The Morgan fingerprint density at radius 3 is 1.55 bits per heavy atom. The van der Waals surface area contributed by atoms with E-state index in [0.29, 0.717) is 40.8 Å². The summed E-state index contributed by atoms with van der Waals surface area (Å²) in [5, 5.41) is 16.5. The first-order valence-electron chi connectivity index (χ1n) is 16.2. The van der Waals surface area contributed by atoms with E-state index in [9.17, 15) is 28.8 Å². The lowest BCUT2D eigenvalue weighted by Gasteiger charge is -2.10. The summed E-state index contributed by atoms with van der Waals surface area (Å²) in [6.07, 6.45) is 5.75. The highest BCUT2D eigenvalue weighted by molar-refractivity contribution is 6.08. The minimum Gasteiger partial charge on any atom is -0.356 e. The first kappa shape index (κ1) is 37.7. The zero-order valence-corrected chi connectivity index (χ0v) is 29.8. The molecule has 272 valence electrons. The number of amides is 6. The molecule has 4 heterocycles. The first-order valence-corrected chi connectivity index (χ1v) is 16.2. The lowest BCUT2D eigenvalue weighted by Crippen LogP contribution is -2.32. The zero-order chi connectivity index (χ0) is 37.4. The molecule has 0 aliphatic carbocycles. The Labute approximate surface area is 295 Å². The van der Waals surface area contributed by atoms with E-state index in [-0.39, 0.29) is 42.1 Å². The number of aromatic nitrogens is 4. The Morgan fingerprint density at radius 1 is 0.608 bits per heavy atom. The molecule has 6 N–H and O–H groups in total. The van der Waals surface area contributed by atoms with Crippen LogP contribution in [-0.2, 0) is 37.8 Å². The number of hydrogen-bond donors (Lipinski definition) is 6. The molecule has 17 heteroatoms. The van der Waals surface area contributed by atoms with Crippen LogP contribution in [0.1, 0.15) is 61.7 Å². The highest BCUT2D eigenvalue weighted by Gasteiger charge is 2.20. The second-order valence-corrected chi connectivity index (χ2v) is 12.4. The number of carbonyl (C=O) groups excluding carboxylic acids is 6. The van der Waals surface area contributed by atoms with Gasteiger partial charge in [0.15, 0.2) is 0 Å². The van der Waals surface area contributed by atoms with Gasteiger partial charge < -0.3 is 55.1 Å². The number of hydrogen-bond acceptors (Lipinski definition) is 7. The average molecular weight is 704 g/mol. The molecule has 4 aromatic heterocycles. The first-order chi connectivity index (χ1) is 24.1. The summed E-state index contributed by atoms with van der Waals surface area (Å²) in [5.74, 6) is -1.69. The van der Waals surface area contributed by atoms with Crippen molar-refractivity contribution >= 4 is 58.3 Å². The van der Waals surface area contributed by atoms with Crippen molar-refractivity contribution in [3.63, 3.8) is 0 Å². The smallest absolute Gasteiger partial charge is 0.272 e. The molecule has 4 rings (SSSR count). The van der Waals surface area contributed by atoms with Crippen LogP contribution >= 0.6 is 0 Å². The zero-order valence-electron chi connectivity index (χ0n) is 29.8. The number of aryl methyl sites for hydroxylation is 3. The maximum Gasteiger partial charge on any atom is 0.272 e. The van der Waals surface area contributed by atoms with Gasteiger partial charge in [0.05, 0.1) is 17.1 Å². The van der Waals surface area contributed by atoms with Gasteiger partial charge in [-0.15, -0.1) is 0 Å². The molecule has 0 fully saturated rings. The monoisotopic (exact) mass is 703 g/mol. The van der Waals surface area contributed by atoms with Gasteiger partial charge in [-0.1, -0.05) is 0 Å². The van der Waals surface area contributed by atoms with Crippen LogP contribution in [0.2, 0.25) is 0 Å². The molecule has 0 saturated heterocycles. The quantitative estimate of drug-likeness (QED) is 0.102. The van der Waals surface area contributed by atoms with E-state index in [0.717, 1.165) is 13.0 Å². The van der Waals surface area contributed by atoms with E-state index >= 15 is 0 Å². The second kappa shape index (κ2) is 16.5. The minimum atomic E-state index is -0.470. The molecule has 0 saturated carbocycles. The fourth-order valence-corrected chi connectivity index (χ4v) is 5.30. The van der Waals surface area contributed by atoms with Crippen LogP contribution in [0.3, 0.4) is 0 Å². The van der Waals surface area contributed by atoms with E-state index in [2.05, 4.69) is 31.9 Å². The maximum atomic E-state index is 13.2. The van der Waals surface area contributed by atoms with Gasteiger partial charge in [0, 0.05) is 73.2 Å². The fourth-order valence-electron chi connectivity index (χ4n) is 5.30. The van der Waals surface area contributed by atoms with Gasteiger partial charge in [-0.2, -0.15) is 0 Å². The van der Waals surface area contributed by atoms with Crippen molar-refractivity contribution in [2.45, 2.75) is 19.8 Å². The van der Waals surface area contributed by atoms with Gasteiger partial charge in [0.25, 0.3) is 23.6 Å². The highest BCUT2D eigenvalue weighted by Crippen LogP contribution is 2.21. The molecule has 0 bridgehead atoms. The Bertz CT molecular complexity index is 1940. The van der Waals surface area contributed by atoms with Crippen molar-refractivity contribution in [1.82, 2.24) is 33.8 Å². The van der Waals surface area contributed by atoms with Gasteiger partial charge in [0.1, 0.15) is 28.6 Å². The number of nitrogens with one attached hydrogen (secondary N) is 6. The third kappa shape index (κ3) is 9.98. The maximum absolute atomic E-state index is 13.2. The molecule has 6 amide bonds. The van der Waals surface area contributed by atoms with Crippen molar-refractivity contribution in [3.8, 4) is 0 Å². The number of rotatable bonds is 15. The summed E-state index contributed by atoms with van der Waals surface area (Å²) < 4.78 is 6.23. The van der Waals surface area contributed by atoms with E-state index in [1.165, 1.54) is 25.1 Å². The minimum absolute atomic E-state index is 0.146. The highest BCUT2D eigenvalue weighted by atomic mass is 16.2. The van der Waals surface area contributed by atoms with Crippen molar-refractivity contribution < 1.29 is 28.8 Å². The summed E-state index contributed by atoms with van der Waals surface area (Å²) in [4.78, 5) is 77.5. The summed E-state index contributed by atoms with van der Waals surface area (Å²) >= 11 is 0. The molecule has 0 unspecified atom stereocenters. The predicted octanol–water partition coefficient (Wildman–Crippen LogP) is 1.94. The van der Waals surface area contributed by atoms with Crippen LogP contribution in [0.25, 0.3) is 0 Å². The Balaban J connectivity index is 1.31. The SMILES string of the molecule is CC(=O)Nc1ccc(C(=O)Nc2cc(C(=O)Nc3cc(C(=O)Nc4cc(C(=O)NCCC(=O)NCCCN(C)C)n(C)c4)n(C)c3)n(C)c2)n1C. The van der Waals surface area contributed by atoms with Crippen molar-refractivity contribution in [1.29, 1.82) is 0 Å². The lowest BCUT2D eigenvalue weighted by molar-refractivity contribution is -0.121. The van der Waals surface area contributed by atoms with E-state index in [1.807, 2.05) is 19.0 Å². The van der Waals surface area contributed by atoms with Crippen molar-refractivity contribution in [3.05, 3.63) is 71.7 Å². The Morgan fingerprint density at radius 2 is 1.08 bits per heavy atom. The van der Waals surface area contributed by atoms with Crippen molar-refractivity contribution in [2.75, 3.05) is 55.0 Å². The van der Waals surface area contributed by atoms with Crippen LogP contribution < -0.4 is 31.9 Å². The molecule has 0 radical (unpaired) electrons. The van der Waals surface area contributed by atoms with E-state index in [1.54, 1.807) is 77.2 Å². The van der Waals surface area contributed by atoms with Gasteiger partial charge in [-0.05, 0) is 57.4 Å². The van der Waals surface area contributed by atoms with Crippen LogP contribution in [0.4, 0.5) is 22.9 Å². The van der Waals surface area contributed by atoms with Gasteiger partial charge in [0.2, 0.25) is 11.8 Å². The molecular formula is C34H45N11O6. The molecule has 0 aromatic carbocycles. The molecule has 0 aliphatic heterocycles. The summed E-state index contributed by atoms with van der Waals surface area (Å²) in [6.45, 7) is 2.97. The molecule has 4 aromatic rings. The van der Waals surface area contributed by atoms with Crippen LogP contribution in [-0.4, -0.2) is 92.3 Å². The molecule has 0 atom stereocenters. The number of carbonyl (C=O) groups is 6. The molecule has 0 aliphatic rings. The van der Waals surface area contributed by atoms with E-state index in [4.69, 9.17) is 0 Å². The summed E-state index contributed by atoms with van der Waals surface area (Å²) in [6, 6.07) is 7.77.